The highest BCUT2D eigenvalue weighted by Crippen LogP contribution is 2.25. The average Bonchev–Trinajstić information content (AvgIpc) is 3.01. The number of carboxylic acids is 1. The number of amides is 1. The summed E-state index contributed by atoms with van der Waals surface area (Å²) in [5, 5.41) is 7.12. The van der Waals surface area contributed by atoms with Crippen molar-refractivity contribution in [1.82, 2.24) is 9.97 Å². The summed E-state index contributed by atoms with van der Waals surface area (Å²) in [6.07, 6.45) is -0.945. The number of halogens is 3. The largest absolute Gasteiger partial charge is 0.490 e. The summed E-state index contributed by atoms with van der Waals surface area (Å²) in [4.78, 5) is 33.4. The number of carboxylic acid groups (broad SMARTS) is 1. The van der Waals surface area contributed by atoms with Crippen LogP contribution in [-0.4, -0.2) is 59.4 Å². The van der Waals surface area contributed by atoms with Crippen molar-refractivity contribution in [3.8, 4) is 0 Å². The van der Waals surface area contributed by atoms with Crippen molar-refractivity contribution in [2.24, 2.45) is 0 Å². The Morgan fingerprint density at radius 1 is 1.23 bits per heavy atom. The highest BCUT2D eigenvalue weighted by Gasteiger charge is 2.38. The van der Waals surface area contributed by atoms with Crippen molar-refractivity contribution in [2.45, 2.75) is 32.5 Å². The molecule has 0 unspecified atom stereocenters. The normalized spacial score (nSPS) is 17.1. The van der Waals surface area contributed by atoms with Crippen molar-refractivity contribution in [3.63, 3.8) is 0 Å². The van der Waals surface area contributed by atoms with Crippen molar-refractivity contribution in [1.29, 1.82) is 0 Å². The summed E-state index contributed by atoms with van der Waals surface area (Å²) in [7, 11) is 0. The van der Waals surface area contributed by atoms with Gasteiger partial charge in [0.05, 0.1) is 30.8 Å². The fraction of sp³-hybridized carbons (Fsp3) is 0.600. The predicted molar refractivity (Wildman–Crippen MR) is 84.9 cm³/mol. The van der Waals surface area contributed by atoms with E-state index in [1.165, 1.54) is 12.8 Å². The van der Waals surface area contributed by atoms with Crippen LogP contribution in [0.2, 0.25) is 0 Å². The molecule has 8 nitrogen and oxygen atoms in total. The first kappa shape index (κ1) is 19.9. The fourth-order valence-corrected chi connectivity index (χ4v) is 2.57. The molecule has 0 aromatic carbocycles. The van der Waals surface area contributed by atoms with Gasteiger partial charge in [-0.25, -0.2) is 14.8 Å². The topological polar surface area (TPSA) is 95.9 Å². The van der Waals surface area contributed by atoms with Gasteiger partial charge in [0.1, 0.15) is 0 Å². The molecule has 2 aliphatic heterocycles. The molecule has 3 heterocycles. The molecule has 0 atom stereocenters. The molecule has 144 valence electrons. The molecule has 3 rings (SSSR count). The van der Waals surface area contributed by atoms with Crippen LogP contribution in [-0.2, 0) is 20.9 Å². The van der Waals surface area contributed by atoms with Crippen molar-refractivity contribution >= 4 is 23.5 Å². The minimum atomic E-state index is -5.08. The smallest absolute Gasteiger partial charge is 0.475 e. The quantitative estimate of drug-likeness (QED) is 0.795. The molecule has 0 radical (unpaired) electrons. The number of alkyl halides is 3. The van der Waals surface area contributed by atoms with Gasteiger partial charge < -0.3 is 19.6 Å². The molecule has 0 spiro atoms. The van der Waals surface area contributed by atoms with Crippen LogP contribution in [0.1, 0.15) is 25.5 Å². The molecule has 26 heavy (non-hydrogen) atoms. The van der Waals surface area contributed by atoms with Crippen LogP contribution in [0.3, 0.4) is 0 Å². The molecule has 2 aliphatic rings. The monoisotopic (exact) mass is 376 g/mol. The molecular weight excluding hydrogens is 357 g/mol. The number of fused-ring (bicyclic) bond motifs is 1. The Morgan fingerprint density at radius 3 is 2.38 bits per heavy atom. The predicted octanol–water partition coefficient (Wildman–Crippen LogP) is 1.59. The third-order valence-corrected chi connectivity index (χ3v) is 3.83. The van der Waals surface area contributed by atoms with E-state index in [4.69, 9.17) is 14.6 Å². The number of nitrogens with zero attached hydrogens (tertiary/aromatic N) is 4. The second-order valence-electron chi connectivity index (χ2n) is 5.72. The summed E-state index contributed by atoms with van der Waals surface area (Å²) >= 11 is 0. The van der Waals surface area contributed by atoms with E-state index in [1.54, 1.807) is 18.0 Å². The van der Waals surface area contributed by atoms with Gasteiger partial charge in [-0.15, -0.1) is 0 Å². The Labute approximate surface area is 147 Å². The third-order valence-electron chi connectivity index (χ3n) is 3.83. The van der Waals surface area contributed by atoms with E-state index in [-0.39, 0.29) is 5.91 Å². The van der Waals surface area contributed by atoms with Gasteiger partial charge in [-0.05, 0) is 12.8 Å². The van der Waals surface area contributed by atoms with E-state index in [1.807, 2.05) is 0 Å². The summed E-state index contributed by atoms with van der Waals surface area (Å²) in [5.74, 6) is -2.00. The van der Waals surface area contributed by atoms with Gasteiger partial charge >= 0.3 is 12.1 Å². The van der Waals surface area contributed by atoms with Crippen LogP contribution in [0.25, 0.3) is 0 Å². The van der Waals surface area contributed by atoms with Gasteiger partial charge in [0.2, 0.25) is 11.9 Å². The number of aromatic nitrogens is 2. The molecule has 1 aromatic rings. The van der Waals surface area contributed by atoms with Gasteiger partial charge in [-0.2, -0.15) is 13.2 Å². The number of carbonyl (C=O) groups is 2. The lowest BCUT2D eigenvalue weighted by molar-refractivity contribution is -0.192. The van der Waals surface area contributed by atoms with Gasteiger partial charge in [-0.3, -0.25) is 4.79 Å². The molecule has 0 bridgehead atoms. The minimum Gasteiger partial charge on any atom is -0.475 e. The van der Waals surface area contributed by atoms with Gasteiger partial charge in [0, 0.05) is 26.6 Å². The van der Waals surface area contributed by atoms with Gasteiger partial charge in [0.15, 0.2) is 0 Å². The van der Waals surface area contributed by atoms with E-state index in [0.717, 1.165) is 30.4 Å². The Balaban J connectivity index is 0.000000298. The lowest BCUT2D eigenvalue weighted by Crippen LogP contribution is -2.31. The van der Waals surface area contributed by atoms with Gasteiger partial charge in [-0.1, -0.05) is 0 Å². The first-order valence-corrected chi connectivity index (χ1v) is 7.97. The number of rotatable bonds is 1. The Kier molecular flexibility index (Phi) is 6.35. The fourth-order valence-electron chi connectivity index (χ4n) is 2.57. The van der Waals surface area contributed by atoms with Crippen LogP contribution >= 0.6 is 0 Å². The molecule has 0 aliphatic carbocycles. The van der Waals surface area contributed by atoms with Crippen LogP contribution < -0.4 is 9.80 Å². The van der Waals surface area contributed by atoms with Crippen molar-refractivity contribution in [3.05, 3.63) is 11.9 Å². The SMILES string of the molecule is CC(=O)N1CCOCc2nc(N3CCCC3)ncc21.O=C(O)C(F)(F)F. The minimum absolute atomic E-state index is 0.00396. The standard InChI is InChI=1S/C13H18N4O2.C2HF3O2/c1-10(18)17-6-7-19-9-11-12(17)8-14-13(15-11)16-4-2-3-5-16;3-2(4,5)1(6)7/h8H,2-7,9H2,1H3;(H,6,7). The second kappa shape index (κ2) is 8.30. The van der Waals surface area contributed by atoms with E-state index >= 15 is 0 Å². The molecule has 1 N–H and O–H groups in total. The first-order valence-electron chi connectivity index (χ1n) is 7.97. The van der Waals surface area contributed by atoms with E-state index in [2.05, 4.69) is 14.9 Å². The highest BCUT2D eigenvalue weighted by molar-refractivity contribution is 5.92. The Bertz CT molecular complexity index is 663. The number of anilines is 2. The average molecular weight is 376 g/mol. The van der Waals surface area contributed by atoms with Crippen LogP contribution in [0.4, 0.5) is 24.8 Å². The van der Waals surface area contributed by atoms with Crippen molar-refractivity contribution in [2.75, 3.05) is 36.0 Å². The molecular formula is C15H19F3N4O4. The number of hydrogen-bond donors (Lipinski definition) is 1. The highest BCUT2D eigenvalue weighted by atomic mass is 19.4. The molecule has 11 heteroatoms. The van der Waals surface area contributed by atoms with Crippen LogP contribution in [0, 0.1) is 0 Å². The summed E-state index contributed by atoms with van der Waals surface area (Å²) < 4.78 is 37.3. The number of ether oxygens (including phenoxy) is 1. The molecule has 1 amide bonds. The summed E-state index contributed by atoms with van der Waals surface area (Å²) in [6.45, 7) is 5.13. The zero-order valence-corrected chi connectivity index (χ0v) is 14.1. The van der Waals surface area contributed by atoms with E-state index < -0.39 is 12.1 Å². The van der Waals surface area contributed by atoms with Gasteiger partial charge in [0.25, 0.3) is 0 Å². The second-order valence-corrected chi connectivity index (χ2v) is 5.72. The maximum atomic E-state index is 11.7. The summed E-state index contributed by atoms with van der Waals surface area (Å²) in [6, 6.07) is 0. The number of hydrogen-bond acceptors (Lipinski definition) is 6. The third kappa shape index (κ3) is 5.04. The maximum Gasteiger partial charge on any atom is 0.490 e. The molecule has 0 saturated carbocycles. The van der Waals surface area contributed by atoms with E-state index in [9.17, 15) is 18.0 Å². The lowest BCUT2D eigenvalue weighted by atomic mass is 10.3. The first-order chi connectivity index (χ1) is 12.2. The number of carbonyl (C=O) groups excluding carboxylic acids is 1. The number of aliphatic carboxylic acids is 1. The zero-order chi connectivity index (χ0) is 19.3. The maximum absolute atomic E-state index is 11.7. The zero-order valence-electron chi connectivity index (χ0n) is 14.1. The lowest BCUT2D eigenvalue weighted by Gasteiger charge is -2.21. The Morgan fingerprint density at radius 2 is 1.85 bits per heavy atom. The van der Waals surface area contributed by atoms with Crippen LogP contribution in [0.15, 0.2) is 6.20 Å². The molecule has 1 fully saturated rings. The molecule has 1 aromatic heterocycles. The van der Waals surface area contributed by atoms with Crippen LogP contribution in [0.5, 0.6) is 0 Å². The summed E-state index contributed by atoms with van der Waals surface area (Å²) in [5.41, 5.74) is 1.59. The van der Waals surface area contributed by atoms with E-state index in [0.29, 0.717) is 19.8 Å². The Hall–Kier alpha value is -2.43. The molecule has 1 saturated heterocycles. The van der Waals surface area contributed by atoms with Crippen molar-refractivity contribution < 1.29 is 32.6 Å².